The van der Waals surface area contributed by atoms with Crippen LogP contribution >= 0.6 is 23.2 Å². The number of benzene rings is 1. The molecule has 1 heterocycles. The van der Waals surface area contributed by atoms with Gasteiger partial charge >= 0.3 is 0 Å². The van der Waals surface area contributed by atoms with Gasteiger partial charge in [0.1, 0.15) is 0 Å². The van der Waals surface area contributed by atoms with Crippen molar-refractivity contribution in [2.45, 2.75) is 19.3 Å². The highest BCUT2D eigenvalue weighted by Gasteiger charge is 2.19. The van der Waals surface area contributed by atoms with Crippen molar-refractivity contribution in [1.82, 2.24) is 15.1 Å². The van der Waals surface area contributed by atoms with Crippen molar-refractivity contribution < 1.29 is 14.4 Å². The molecule has 2 rings (SSSR count). The molecule has 1 aromatic rings. The monoisotopic (exact) mass is 414 g/mol. The molecule has 0 spiro atoms. The van der Waals surface area contributed by atoms with Gasteiger partial charge in [-0.15, -0.1) is 0 Å². The van der Waals surface area contributed by atoms with Gasteiger partial charge in [0.05, 0.1) is 23.1 Å². The number of likely N-dealkylation sites (tertiary alicyclic amines) is 1. The number of hydrogen-bond donors (Lipinski definition) is 2. The van der Waals surface area contributed by atoms with E-state index in [1.165, 1.54) is 0 Å². The SMILES string of the molecule is CN(CC(=O)NCCCN1CCCC1=O)CC(=O)Nc1ccc(Cl)c(Cl)c1. The molecule has 9 heteroatoms. The fraction of sp³-hybridized carbons (Fsp3) is 0.500. The van der Waals surface area contributed by atoms with Gasteiger partial charge in [0.25, 0.3) is 0 Å². The second kappa shape index (κ2) is 10.5. The molecule has 1 saturated heterocycles. The van der Waals surface area contributed by atoms with Crippen LogP contribution in [0.5, 0.6) is 0 Å². The summed E-state index contributed by atoms with van der Waals surface area (Å²) in [7, 11) is 1.69. The van der Waals surface area contributed by atoms with Crippen LogP contribution in [0.3, 0.4) is 0 Å². The molecule has 148 valence electrons. The molecule has 0 bridgehead atoms. The molecule has 0 aliphatic carbocycles. The van der Waals surface area contributed by atoms with Gasteiger partial charge in [-0.2, -0.15) is 0 Å². The van der Waals surface area contributed by atoms with Crippen LogP contribution < -0.4 is 10.6 Å². The Balaban J connectivity index is 1.62. The number of carbonyl (C=O) groups is 3. The van der Waals surface area contributed by atoms with Gasteiger partial charge in [0, 0.05) is 31.7 Å². The minimum atomic E-state index is -0.253. The summed E-state index contributed by atoms with van der Waals surface area (Å²) in [5, 5.41) is 6.29. The Hall–Kier alpha value is -1.83. The zero-order valence-electron chi connectivity index (χ0n) is 15.3. The molecule has 7 nitrogen and oxygen atoms in total. The molecule has 1 aliphatic heterocycles. The van der Waals surface area contributed by atoms with Gasteiger partial charge < -0.3 is 15.5 Å². The standard InChI is InChI=1S/C18H24Cl2N4O3/c1-23(12-17(26)22-13-5-6-14(19)15(20)10-13)11-16(25)21-7-3-9-24-8-2-4-18(24)27/h5-6,10H,2-4,7-9,11-12H2,1H3,(H,21,25)(H,22,26). The van der Waals surface area contributed by atoms with Gasteiger partial charge in [-0.05, 0) is 38.1 Å². The molecule has 2 N–H and O–H groups in total. The van der Waals surface area contributed by atoms with Crippen molar-refractivity contribution in [3.8, 4) is 0 Å². The summed E-state index contributed by atoms with van der Waals surface area (Å²) >= 11 is 11.8. The summed E-state index contributed by atoms with van der Waals surface area (Å²) in [5.41, 5.74) is 0.545. The highest BCUT2D eigenvalue weighted by molar-refractivity contribution is 6.42. The van der Waals surface area contributed by atoms with E-state index in [4.69, 9.17) is 23.2 Å². The van der Waals surface area contributed by atoms with Crippen LogP contribution in [-0.4, -0.2) is 67.3 Å². The van der Waals surface area contributed by atoms with Crippen molar-refractivity contribution >= 4 is 46.6 Å². The van der Waals surface area contributed by atoms with E-state index in [2.05, 4.69) is 10.6 Å². The van der Waals surface area contributed by atoms with Gasteiger partial charge in [-0.3, -0.25) is 19.3 Å². The van der Waals surface area contributed by atoms with Crippen LogP contribution in [-0.2, 0) is 14.4 Å². The second-order valence-electron chi connectivity index (χ2n) is 6.54. The summed E-state index contributed by atoms with van der Waals surface area (Å²) in [6, 6.07) is 4.83. The number of carbonyl (C=O) groups excluding carboxylic acids is 3. The number of nitrogens with one attached hydrogen (secondary N) is 2. The van der Waals surface area contributed by atoms with Crippen molar-refractivity contribution in [1.29, 1.82) is 0 Å². The first-order valence-corrected chi connectivity index (χ1v) is 9.58. The molecule has 0 atom stereocenters. The second-order valence-corrected chi connectivity index (χ2v) is 7.35. The number of nitrogens with zero attached hydrogens (tertiary/aromatic N) is 2. The smallest absolute Gasteiger partial charge is 0.238 e. The van der Waals surface area contributed by atoms with Crippen molar-refractivity contribution in [3.63, 3.8) is 0 Å². The molecule has 27 heavy (non-hydrogen) atoms. The maximum atomic E-state index is 12.0. The summed E-state index contributed by atoms with van der Waals surface area (Å²) in [5.74, 6) is -0.224. The number of halogens is 2. The summed E-state index contributed by atoms with van der Waals surface area (Å²) < 4.78 is 0. The lowest BCUT2D eigenvalue weighted by Gasteiger charge is -2.17. The van der Waals surface area contributed by atoms with E-state index >= 15 is 0 Å². The van der Waals surface area contributed by atoms with Crippen LogP contribution in [0.1, 0.15) is 19.3 Å². The van der Waals surface area contributed by atoms with E-state index in [0.29, 0.717) is 35.2 Å². The quantitative estimate of drug-likeness (QED) is 0.605. The van der Waals surface area contributed by atoms with Crippen molar-refractivity contribution in [3.05, 3.63) is 28.2 Å². The molecule has 0 unspecified atom stereocenters. The third-order valence-electron chi connectivity index (χ3n) is 4.13. The Morgan fingerprint density at radius 2 is 1.93 bits per heavy atom. The van der Waals surface area contributed by atoms with E-state index in [1.54, 1.807) is 30.1 Å². The maximum absolute atomic E-state index is 12.0. The first-order chi connectivity index (χ1) is 12.8. The van der Waals surface area contributed by atoms with E-state index in [-0.39, 0.29) is 30.8 Å². The van der Waals surface area contributed by atoms with E-state index in [0.717, 1.165) is 19.4 Å². The van der Waals surface area contributed by atoms with Crippen LogP contribution in [0, 0.1) is 0 Å². The van der Waals surface area contributed by atoms with Crippen LogP contribution in [0.4, 0.5) is 5.69 Å². The predicted octanol–water partition coefficient (Wildman–Crippen LogP) is 1.99. The predicted molar refractivity (Wildman–Crippen MR) is 106 cm³/mol. The van der Waals surface area contributed by atoms with E-state index < -0.39 is 0 Å². The highest BCUT2D eigenvalue weighted by atomic mass is 35.5. The summed E-state index contributed by atoms with van der Waals surface area (Å²) in [6.07, 6.45) is 2.26. The third kappa shape index (κ3) is 7.36. The van der Waals surface area contributed by atoms with Crippen LogP contribution in [0.15, 0.2) is 18.2 Å². The van der Waals surface area contributed by atoms with Gasteiger partial charge in [0.15, 0.2) is 0 Å². The normalized spacial score (nSPS) is 13.9. The maximum Gasteiger partial charge on any atom is 0.238 e. The molecule has 1 fully saturated rings. The Morgan fingerprint density at radius 3 is 2.59 bits per heavy atom. The third-order valence-corrected chi connectivity index (χ3v) is 4.87. The lowest BCUT2D eigenvalue weighted by Crippen LogP contribution is -2.39. The molecule has 0 aromatic heterocycles. The summed E-state index contributed by atoms with van der Waals surface area (Å²) in [4.78, 5) is 38.9. The molecule has 1 aromatic carbocycles. The van der Waals surface area contributed by atoms with Crippen molar-refractivity contribution in [2.24, 2.45) is 0 Å². The highest BCUT2D eigenvalue weighted by Crippen LogP contribution is 2.24. The van der Waals surface area contributed by atoms with Gasteiger partial charge in [-0.1, -0.05) is 23.2 Å². The molecular weight excluding hydrogens is 391 g/mol. The molecule has 3 amide bonds. The number of amides is 3. The Bertz CT molecular complexity index is 699. The van der Waals surface area contributed by atoms with Crippen molar-refractivity contribution in [2.75, 3.05) is 45.1 Å². The van der Waals surface area contributed by atoms with Crippen LogP contribution in [0.2, 0.25) is 10.0 Å². The topological polar surface area (TPSA) is 81.8 Å². The van der Waals surface area contributed by atoms with Crippen LogP contribution in [0.25, 0.3) is 0 Å². The first kappa shape index (κ1) is 21.5. The number of rotatable bonds is 9. The lowest BCUT2D eigenvalue weighted by molar-refractivity contribution is -0.127. The Morgan fingerprint density at radius 1 is 1.19 bits per heavy atom. The average molecular weight is 415 g/mol. The molecule has 1 aliphatic rings. The number of anilines is 1. The zero-order valence-corrected chi connectivity index (χ0v) is 16.8. The van der Waals surface area contributed by atoms with Gasteiger partial charge in [-0.25, -0.2) is 0 Å². The number of likely N-dealkylation sites (N-methyl/N-ethyl adjacent to an activating group) is 1. The average Bonchev–Trinajstić information content (AvgIpc) is 3.00. The van der Waals surface area contributed by atoms with E-state index in [1.807, 2.05) is 4.90 Å². The fourth-order valence-corrected chi connectivity index (χ4v) is 3.11. The Kier molecular flexibility index (Phi) is 8.34. The molecular formula is C18H24Cl2N4O3. The fourth-order valence-electron chi connectivity index (χ4n) is 2.81. The van der Waals surface area contributed by atoms with E-state index in [9.17, 15) is 14.4 Å². The summed E-state index contributed by atoms with van der Waals surface area (Å²) in [6.45, 7) is 2.16. The molecule has 0 saturated carbocycles. The minimum Gasteiger partial charge on any atom is -0.355 e. The first-order valence-electron chi connectivity index (χ1n) is 8.83. The number of hydrogen-bond acceptors (Lipinski definition) is 4. The van der Waals surface area contributed by atoms with Gasteiger partial charge in [0.2, 0.25) is 17.7 Å². The molecule has 0 radical (unpaired) electrons. The lowest BCUT2D eigenvalue weighted by atomic mass is 10.3. The Labute approximate surface area is 169 Å². The minimum absolute atomic E-state index is 0.0654. The zero-order chi connectivity index (χ0) is 19.8. The largest absolute Gasteiger partial charge is 0.355 e.